The van der Waals surface area contributed by atoms with Gasteiger partial charge in [0.1, 0.15) is 12.8 Å². The van der Waals surface area contributed by atoms with E-state index in [0.717, 1.165) is 0 Å². The summed E-state index contributed by atoms with van der Waals surface area (Å²) in [4.78, 5) is 15.6. The van der Waals surface area contributed by atoms with Gasteiger partial charge in [-0.25, -0.2) is 8.78 Å². The van der Waals surface area contributed by atoms with Gasteiger partial charge in [-0.3, -0.25) is 9.78 Å². The molecule has 0 radical (unpaired) electrons. The molecule has 1 rings (SSSR count). The third-order valence-electron chi connectivity index (χ3n) is 3.05. The topological polar surface area (TPSA) is 88.2 Å². The summed E-state index contributed by atoms with van der Waals surface area (Å²) >= 11 is 0. The molecule has 2 atom stereocenters. The number of carbonyl (C=O) groups is 1. The first-order valence-electron chi connectivity index (χ1n) is 6.63. The number of halogens is 2. The minimum atomic E-state index is -1.61. The summed E-state index contributed by atoms with van der Waals surface area (Å²) in [6.07, 6.45) is -0.495. The monoisotopic (exact) mass is 301 g/mol. The second kappa shape index (κ2) is 6.80. The minimum absolute atomic E-state index is 0.0182. The average molecular weight is 301 g/mol. The van der Waals surface area contributed by atoms with Crippen LogP contribution in [-0.4, -0.2) is 40.5 Å². The summed E-state index contributed by atoms with van der Waals surface area (Å²) in [6.45, 7) is 3.62. The van der Waals surface area contributed by atoms with Gasteiger partial charge in [0.05, 0.1) is 28.6 Å². The van der Waals surface area contributed by atoms with Crippen molar-refractivity contribution in [3.8, 4) is 0 Å². The van der Waals surface area contributed by atoms with Crippen LogP contribution in [0.5, 0.6) is 0 Å². The van der Waals surface area contributed by atoms with Gasteiger partial charge in [0.15, 0.2) is 0 Å². The maximum Gasteiger partial charge on any atom is 0.252 e. The van der Waals surface area contributed by atoms with Crippen molar-refractivity contribution in [2.45, 2.75) is 45.0 Å². The van der Waals surface area contributed by atoms with Crippen LogP contribution in [0.25, 0.3) is 0 Å². The number of nitrogens with zero attached hydrogens (tertiary/aromatic N) is 1. The van der Waals surface area contributed by atoms with Crippen LogP contribution in [0, 0.1) is 0 Å². The second-order valence-corrected chi connectivity index (χ2v) is 5.57. The van der Waals surface area contributed by atoms with Gasteiger partial charge in [0, 0.05) is 12.6 Å². The van der Waals surface area contributed by atoms with E-state index in [1.165, 1.54) is 26.1 Å². The third-order valence-corrected chi connectivity index (χ3v) is 3.05. The predicted octanol–water partition coefficient (Wildman–Crippen LogP) is 1.60. The van der Waals surface area contributed by atoms with Crippen LogP contribution >= 0.6 is 0 Å². The van der Waals surface area contributed by atoms with Gasteiger partial charge in [0.2, 0.25) is 0 Å². The summed E-state index contributed by atoms with van der Waals surface area (Å²) in [5, 5.41) is 12.4. The van der Waals surface area contributed by atoms with Crippen molar-refractivity contribution < 1.29 is 18.7 Å². The van der Waals surface area contributed by atoms with E-state index in [1.54, 1.807) is 6.92 Å². The van der Waals surface area contributed by atoms with E-state index in [0.29, 0.717) is 5.69 Å². The first-order valence-corrected chi connectivity index (χ1v) is 6.63. The molecule has 118 valence electrons. The van der Waals surface area contributed by atoms with Crippen LogP contribution in [-0.2, 0) is 6.42 Å². The van der Waals surface area contributed by atoms with Crippen LogP contribution in [0.4, 0.5) is 14.5 Å². The molecule has 1 unspecified atom stereocenters. The molecule has 0 fully saturated rings. The van der Waals surface area contributed by atoms with Gasteiger partial charge in [-0.15, -0.1) is 0 Å². The number of aromatic nitrogens is 1. The first kappa shape index (κ1) is 17.3. The number of pyridine rings is 1. The van der Waals surface area contributed by atoms with E-state index < -0.39 is 30.4 Å². The molecule has 1 heterocycles. The number of alkyl halides is 2. The fourth-order valence-corrected chi connectivity index (χ4v) is 1.78. The molecule has 7 heteroatoms. The Morgan fingerprint density at radius 3 is 2.67 bits per heavy atom. The summed E-state index contributed by atoms with van der Waals surface area (Å²) in [5.41, 5.74) is 4.21. The highest BCUT2D eigenvalue weighted by Gasteiger charge is 2.29. The lowest BCUT2D eigenvalue weighted by Crippen LogP contribution is -2.35. The Morgan fingerprint density at radius 1 is 1.57 bits per heavy atom. The standard InChI is InChI=1S/C14H21F2N3O2/c1-8(7-15)19-9-4-5-18-10(12(9)13(17)20)6-11(16)14(2,3)21/h4-5,8,11,21H,6-7H2,1-3H3,(H2,17,20)(H,18,19)/t8?,11-/m1/s1. The highest BCUT2D eigenvalue weighted by Crippen LogP contribution is 2.23. The summed E-state index contributed by atoms with van der Waals surface area (Å²) in [5.74, 6) is -0.783. The molecule has 0 spiro atoms. The Kier molecular flexibility index (Phi) is 5.60. The Bertz CT molecular complexity index is 503. The lowest BCUT2D eigenvalue weighted by Gasteiger charge is -2.23. The fraction of sp³-hybridized carbons (Fsp3) is 0.571. The molecule has 0 aromatic carbocycles. The number of nitrogens with two attached hydrogens (primary N) is 1. The molecule has 4 N–H and O–H groups in total. The summed E-state index contributed by atoms with van der Waals surface area (Å²) in [6, 6.07) is 0.960. The van der Waals surface area contributed by atoms with E-state index in [4.69, 9.17) is 5.73 Å². The number of carbonyl (C=O) groups excluding carboxylic acids is 1. The van der Waals surface area contributed by atoms with Gasteiger partial charge in [-0.1, -0.05) is 0 Å². The molecule has 1 aromatic heterocycles. The van der Waals surface area contributed by atoms with Gasteiger partial charge >= 0.3 is 0 Å². The zero-order valence-electron chi connectivity index (χ0n) is 12.4. The molecule has 1 aromatic rings. The maximum absolute atomic E-state index is 14.0. The van der Waals surface area contributed by atoms with Crippen molar-refractivity contribution in [2.24, 2.45) is 5.73 Å². The van der Waals surface area contributed by atoms with Gasteiger partial charge in [-0.05, 0) is 26.8 Å². The second-order valence-electron chi connectivity index (χ2n) is 5.57. The maximum atomic E-state index is 14.0. The third kappa shape index (κ3) is 4.63. The van der Waals surface area contributed by atoms with E-state index in [2.05, 4.69) is 10.3 Å². The van der Waals surface area contributed by atoms with Crippen LogP contribution in [0.3, 0.4) is 0 Å². The normalized spacial score (nSPS) is 14.6. The molecule has 0 saturated heterocycles. The van der Waals surface area contributed by atoms with Crippen molar-refractivity contribution in [2.75, 3.05) is 12.0 Å². The molecule has 0 aliphatic heterocycles. The van der Waals surface area contributed by atoms with Crippen molar-refractivity contribution in [3.63, 3.8) is 0 Å². The Morgan fingerprint density at radius 2 is 2.19 bits per heavy atom. The Hall–Kier alpha value is -1.76. The summed E-state index contributed by atoms with van der Waals surface area (Å²) in [7, 11) is 0. The van der Waals surface area contributed by atoms with Gasteiger partial charge in [0.25, 0.3) is 5.91 Å². The van der Waals surface area contributed by atoms with Crippen LogP contribution in [0.2, 0.25) is 0 Å². The molecular weight excluding hydrogens is 280 g/mol. The van der Waals surface area contributed by atoms with Crippen LogP contribution in [0.1, 0.15) is 36.8 Å². The number of aliphatic hydroxyl groups is 1. The fourth-order valence-electron chi connectivity index (χ4n) is 1.78. The molecule has 0 saturated carbocycles. The zero-order chi connectivity index (χ0) is 16.2. The molecule has 0 aliphatic rings. The van der Waals surface area contributed by atoms with E-state index >= 15 is 0 Å². The molecule has 5 nitrogen and oxygen atoms in total. The SMILES string of the molecule is CC(CF)Nc1ccnc(C[C@@H](F)C(C)(C)O)c1C(N)=O. The smallest absolute Gasteiger partial charge is 0.252 e. The number of rotatable bonds is 7. The Balaban J connectivity index is 3.15. The van der Waals surface area contributed by atoms with Crippen molar-refractivity contribution in [3.05, 3.63) is 23.5 Å². The average Bonchev–Trinajstić information content (AvgIpc) is 2.37. The largest absolute Gasteiger partial charge is 0.387 e. The Labute approximate surface area is 122 Å². The number of primary amides is 1. The molecule has 21 heavy (non-hydrogen) atoms. The first-order chi connectivity index (χ1) is 9.66. The number of anilines is 1. The number of nitrogens with one attached hydrogen (secondary N) is 1. The quantitative estimate of drug-likeness (QED) is 0.714. The van der Waals surface area contributed by atoms with Crippen molar-refractivity contribution in [1.82, 2.24) is 4.98 Å². The van der Waals surface area contributed by atoms with Crippen LogP contribution in [0.15, 0.2) is 12.3 Å². The lowest BCUT2D eigenvalue weighted by atomic mass is 9.96. The number of hydrogen-bond acceptors (Lipinski definition) is 4. The number of hydrogen-bond donors (Lipinski definition) is 3. The molecule has 1 amide bonds. The van der Waals surface area contributed by atoms with Crippen LogP contribution < -0.4 is 11.1 Å². The lowest BCUT2D eigenvalue weighted by molar-refractivity contribution is -0.00307. The number of amides is 1. The molecule has 0 bridgehead atoms. The van der Waals surface area contributed by atoms with E-state index in [1.807, 2.05) is 0 Å². The molecule has 0 aliphatic carbocycles. The highest BCUT2D eigenvalue weighted by atomic mass is 19.1. The zero-order valence-corrected chi connectivity index (χ0v) is 12.4. The summed E-state index contributed by atoms with van der Waals surface area (Å²) < 4.78 is 26.6. The van der Waals surface area contributed by atoms with Crippen molar-refractivity contribution >= 4 is 11.6 Å². The van der Waals surface area contributed by atoms with E-state index in [9.17, 15) is 18.7 Å². The highest BCUT2D eigenvalue weighted by molar-refractivity contribution is 5.99. The van der Waals surface area contributed by atoms with Gasteiger partial charge < -0.3 is 16.2 Å². The van der Waals surface area contributed by atoms with E-state index in [-0.39, 0.29) is 17.7 Å². The predicted molar refractivity (Wildman–Crippen MR) is 76.7 cm³/mol. The minimum Gasteiger partial charge on any atom is -0.387 e. The van der Waals surface area contributed by atoms with Gasteiger partial charge in [-0.2, -0.15) is 0 Å². The molecular formula is C14H21F2N3O2. The van der Waals surface area contributed by atoms with Crippen molar-refractivity contribution in [1.29, 1.82) is 0 Å².